The van der Waals surface area contributed by atoms with Gasteiger partial charge < -0.3 is 15.1 Å². The number of rotatable bonds is 4. The highest BCUT2D eigenvalue weighted by Gasteiger charge is 2.21. The zero-order valence-corrected chi connectivity index (χ0v) is 15.0. The Morgan fingerprint density at radius 2 is 1.96 bits per heavy atom. The normalized spacial score (nSPS) is 15.7. The Kier molecular flexibility index (Phi) is 5.58. The van der Waals surface area contributed by atoms with Gasteiger partial charge in [0, 0.05) is 50.0 Å². The molecule has 0 atom stereocenters. The Bertz CT molecular complexity index is 662. The summed E-state index contributed by atoms with van der Waals surface area (Å²) in [6.45, 7) is 9.29. The molecule has 7 nitrogen and oxygen atoms in total. The number of aliphatic imine (C=N–C) groups is 1. The molecule has 0 radical (unpaired) electrons. The molecule has 0 spiro atoms. The summed E-state index contributed by atoms with van der Waals surface area (Å²) in [4.78, 5) is 23.5. The lowest BCUT2D eigenvalue weighted by Crippen LogP contribution is -2.52. The molecule has 24 heavy (non-hydrogen) atoms. The molecule has 3 heterocycles. The zero-order valence-electron chi connectivity index (χ0n) is 14.1. The van der Waals surface area contributed by atoms with E-state index in [1.807, 2.05) is 18.5 Å². The molecule has 1 aliphatic rings. The number of thiazole rings is 1. The first-order valence-electron chi connectivity index (χ1n) is 8.22. The predicted molar refractivity (Wildman–Crippen MR) is 97.5 cm³/mol. The second-order valence-corrected chi connectivity index (χ2v) is 6.49. The molecule has 2 aromatic rings. The first-order chi connectivity index (χ1) is 11.8. The van der Waals surface area contributed by atoms with Gasteiger partial charge in [0.05, 0.1) is 17.7 Å². The molecular formula is C16H23N7S. The van der Waals surface area contributed by atoms with Crippen molar-refractivity contribution in [1.82, 2.24) is 25.2 Å². The fourth-order valence-electron chi connectivity index (χ4n) is 2.62. The molecule has 3 rings (SSSR count). The molecule has 0 aliphatic carbocycles. The van der Waals surface area contributed by atoms with Crippen molar-refractivity contribution >= 4 is 23.2 Å². The highest BCUT2D eigenvalue weighted by atomic mass is 32.1. The van der Waals surface area contributed by atoms with Crippen LogP contribution in [0.25, 0.3) is 0 Å². The number of aromatic nitrogens is 3. The molecule has 0 bridgehead atoms. The van der Waals surface area contributed by atoms with E-state index in [1.54, 1.807) is 23.7 Å². The van der Waals surface area contributed by atoms with E-state index in [0.717, 1.165) is 50.3 Å². The van der Waals surface area contributed by atoms with Crippen LogP contribution in [0.4, 0.5) is 5.95 Å². The van der Waals surface area contributed by atoms with E-state index in [0.29, 0.717) is 6.54 Å². The summed E-state index contributed by atoms with van der Waals surface area (Å²) in [7, 11) is 0. The van der Waals surface area contributed by atoms with E-state index in [4.69, 9.17) is 4.99 Å². The summed E-state index contributed by atoms with van der Waals surface area (Å²) in [5.41, 5.74) is 2.96. The minimum absolute atomic E-state index is 0.681. The Labute approximate surface area is 146 Å². The van der Waals surface area contributed by atoms with E-state index in [9.17, 15) is 0 Å². The van der Waals surface area contributed by atoms with Gasteiger partial charge in [-0.2, -0.15) is 0 Å². The molecular weight excluding hydrogens is 322 g/mol. The monoisotopic (exact) mass is 345 g/mol. The predicted octanol–water partition coefficient (Wildman–Crippen LogP) is 1.53. The van der Waals surface area contributed by atoms with E-state index in [1.165, 1.54) is 4.88 Å². The Hall–Kier alpha value is -2.22. The zero-order chi connectivity index (χ0) is 16.8. The van der Waals surface area contributed by atoms with E-state index in [2.05, 4.69) is 37.0 Å². The minimum Gasteiger partial charge on any atom is -0.357 e. The molecule has 1 saturated heterocycles. The summed E-state index contributed by atoms with van der Waals surface area (Å²) in [6.07, 6.45) is 3.58. The first-order valence-corrected chi connectivity index (χ1v) is 9.10. The largest absolute Gasteiger partial charge is 0.357 e. The van der Waals surface area contributed by atoms with Crippen LogP contribution in [-0.2, 0) is 6.54 Å². The molecule has 0 amide bonds. The minimum atomic E-state index is 0.681. The van der Waals surface area contributed by atoms with Crippen LogP contribution in [0.3, 0.4) is 0 Å². The maximum atomic E-state index is 4.79. The van der Waals surface area contributed by atoms with Crippen LogP contribution in [0.1, 0.15) is 17.5 Å². The van der Waals surface area contributed by atoms with Crippen molar-refractivity contribution in [3.05, 3.63) is 34.5 Å². The Morgan fingerprint density at radius 3 is 2.58 bits per heavy atom. The molecule has 0 unspecified atom stereocenters. The average Bonchev–Trinajstić information content (AvgIpc) is 3.04. The van der Waals surface area contributed by atoms with Crippen molar-refractivity contribution in [3.63, 3.8) is 0 Å². The van der Waals surface area contributed by atoms with Gasteiger partial charge in [-0.3, -0.25) is 0 Å². The number of aryl methyl sites for hydroxylation is 1. The van der Waals surface area contributed by atoms with Crippen LogP contribution < -0.4 is 10.2 Å². The highest BCUT2D eigenvalue weighted by molar-refractivity contribution is 7.09. The third-order valence-corrected chi connectivity index (χ3v) is 4.89. The fourth-order valence-corrected chi connectivity index (χ4v) is 3.32. The van der Waals surface area contributed by atoms with Gasteiger partial charge in [-0.25, -0.2) is 19.9 Å². The smallest absolute Gasteiger partial charge is 0.225 e. The Balaban J connectivity index is 1.62. The highest BCUT2D eigenvalue weighted by Crippen LogP contribution is 2.14. The number of piperazine rings is 1. The summed E-state index contributed by atoms with van der Waals surface area (Å²) in [5.74, 6) is 1.78. The van der Waals surface area contributed by atoms with Gasteiger partial charge in [0.2, 0.25) is 5.95 Å². The molecule has 8 heteroatoms. The van der Waals surface area contributed by atoms with E-state index in [-0.39, 0.29) is 0 Å². The molecule has 0 aromatic carbocycles. The third kappa shape index (κ3) is 4.00. The van der Waals surface area contributed by atoms with E-state index < -0.39 is 0 Å². The van der Waals surface area contributed by atoms with Gasteiger partial charge in [0.1, 0.15) is 0 Å². The topological polar surface area (TPSA) is 69.5 Å². The molecule has 0 saturated carbocycles. The summed E-state index contributed by atoms with van der Waals surface area (Å²) < 4.78 is 0. The quantitative estimate of drug-likeness (QED) is 0.669. The number of hydrogen-bond donors (Lipinski definition) is 1. The van der Waals surface area contributed by atoms with Crippen LogP contribution >= 0.6 is 11.3 Å². The second kappa shape index (κ2) is 8.05. The number of nitrogens with one attached hydrogen (secondary N) is 1. The molecule has 1 aliphatic heterocycles. The van der Waals surface area contributed by atoms with Gasteiger partial charge in [-0.1, -0.05) is 0 Å². The summed E-state index contributed by atoms with van der Waals surface area (Å²) in [6, 6.07) is 1.84. The van der Waals surface area contributed by atoms with Crippen molar-refractivity contribution in [2.24, 2.45) is 4.99 Å². The van der Waals surface area contributed by atoms with Crippen LogP contribution in [0.5, 0.6) is 0 Å². The van der Waals surface area contributed by atoms with Crippen molar-refractivity contribution < 1.29 is 0 Å². The number of guanidine groups is 1. The first kappa shape index (κ1) is 16.6. The van der Waals surface area contributed by atoms with Crippen LogP contribution in [0.15, 0.2) is 29.0 Å². The lowest BCUT2D eigenvalue weighted by molar-refractivity contribution is 0.370. The molecule has 2 aromatic heterocycles. The molecule has 1 N–H and O–H groups in total. The standard InChI is InChI=1S/C16H23N7S/c1-3-17-15(20-11-14-13(2)21-12-24-14)22-7-9-23(10-8-22)16-18-5-4-6-19-16/h4-6,12H,3,7-11H2,1-2H3,(H,17,20). The SMILES string of the molecule is CCNC(=NCc1scnc1C)N1CCN(c2ncccn2)CC1. The summed E-state index contributed by atoms with van der Waals surface area (Å²) in [5, 5.41) is 3.40. The number of hydrogen-bond acceptors (Lipinski definition) is 6. The third-order valence-electron chi connectivity index (χ3n) is 3.97. The van der Waals surface area contributed by atoms with Gasteiger partial charge in [-0.15, -0.1) is 11.3 Å². The average molecular weight is 345 g/mol. The lowest BCUT2D eigenvalue weighted by Gasteiger charge is -2.36. The van der Waals surface area contributed by atoms with Crippen LogP contribution in [0.2, 0.25) is 0 Å². The van der Waals surface area contributed by atoms with E-state index >= 15 is 0 Å². The van der Waals surface area contributed by atoms with Gasteiger partial charge in [-0.05, 0) is 19.9 Å². The van der Waals surface area contributed by atoms with Gasteiger partial charge in [0.25, 0.3) is 0 Å². The lowest BCUT2D eigenvalue weighted by atomic mass is 10.3. The number of anilines is 1. The second-order valence-electron chi connectivity index (χ2n) is 5.55. The van der Waals surface area contributed by atoms with Crippen molar-refractivity contribution in [2.75, 3.05) is 37.6 Å². The Morgan fingerprint density at radius 1 is 1.21 bits per heavy atom. The van der Waals surface area contributed by atoms with Crippen molar-refractivity contribution in [2.45, 2.75) is 20.4 Å². The maximum Gasteiger partial charge on any atom is 0.225 e. The van der Waals surface area contributed by atoms with Crippen molar-refractivity contribution in [1.29, 1.82) is 0 Å². The van der Waals surface area contributed by atoms with Crippen LogP contribution in [-0.4, -0.2) is 58.5 Å². The molecule has 128 valence electrons. The summed E-state index contributed by atoms with van der Waals surface area (Å²) >= 11 is 1.66. The molecule has 1 fully saturated rings. The maximum absolute atomic E-state index is 4.79. The van der Waals surface area contributed by atoms with Crippen LogP contribution in [0, 0.1) is 6.92 Å². The number of nitrogens with zero attached hydrogens (tertiary/aromatic N) is 6. The van der Waals surface area contributed by atoms with Crippen molar-refractivity contribution in [3.8, 4) is 0 Å². The fraction of sp³-hybridized carbons (Fsp3) is 0.500. The van der Waals surface area contributed by atoms with Gasteiger partial charge >= 0.3 is 0 Å². The van der Waals surface area contributed by atoms with Gasteiger partial charge in [0.15, 0.2) is 5.96 Å².